The van der Waals surface area contributed by atoms with Crippen molar-refractivity contribution in [2.24, 2.45) is 10.9 Å². The van der Waals surface area contributed by atoms with E-state index in [1.165, 1.54) is 5.56 Å². The summed E-state index contributed by atoms with van der Waals surface area (Å²) < 4.78 is 20.3. The second-order valence-electron chi connectivity index (χ2n) is 8.17. The van der Waals surface area contributed by atoms with Gasteiger partial charge in [-0.05, 0) is 42.9 Å². The predicted octanol–water partition coefficient (Wildman–Crippen LogP) is 4.19. The van der Waals surface area contributed by atoms with Gasteiger partial charge in [0.1, 0.15) is 5.82 Å². The van der Waals surface area contributed by atoms with E-state index >= 15 is 0 Å². The van der Waals surface area contributed by atoms with Gasteiger partial charge in [0.25, 0.3) is 0 Å². The number of aliphatic imine (C=N–C) groups is 1. The Kier molecular flexibility index (Phi) is 6.14. The van der Waals surface area contributed by atoms with Gasteiger partial charge in [-0.1, -0.05) is 48.5 Å². The largest absolute Gasteiger partial charge is 0.373 e. The topological polar surface area (TPSA) is 45.7 Å². The molecule has 0 amide bonds. The van der Waals surface area contributed by atoms with E-state index in [0.29, 0.717) is 12.5 Å². The summed E-state index contributed by atoms with van der Waals surface area (Å²) in [6.45, 7) is 2.30. The molecule has 2 N–H and O–H groups in total. The van der Waals surface area contributed by atoms with Gasteiger partial charge < -0.3 is 15.4 Å². The van der Waals surface area contributed by atoms with Crippen molar-refractivity contribution < 1.29 is 9.13 Å². The van der Waals surface area contributed by atoms with Crippen LogP contribution in [0.5, 0.6) is 0 Å². The lowest BCUT2D eigenvalue weighted by Gasteiger charge is -2.32. The van der Waals surface area contributed by atoms with Crippen LogP contribution in [0.15, 0.2) is 59.6 Å². The summed E-state index contributed by atoms with van der Waals surface area (Å²) in [6.07, 6.45) is 4.33. The fraction of sp³-hybridized carbons (Fsp3) is 0.458. The summed E-state index contributed by atoms with van der Waals surface area (Å²) >= 11 is 0. The van der Waals surface area contributed by atoms with E-state index in [9.17, 15) is 4.39 Å². The molecular weight excluding hydrogens is 365 g/mol. The molecule has 1 heterocycles. The van der Waals surface area contributed by atoms with E-state index in [2.05, 4.69) is 39.9 Å². The highest BCUT2D eigenvalue weighted by molar-refractivity contribution is 5.79. The first-order chi connectivity index (χ1) is 14.2. The minimum Gasteiger partial charge on any atom is -0.373 e. The minimum atomic E-state index is -0.111. The van der Waals surface area contributed by atoms with Gasteiger partial charge in [-0.15, -0.1) is 0 Å². The third-order valence-electron chi connectivity index (χ3n) is 6.22. The number of ether oxygens (including phenoxy) is 1. The molecule has 1 saturated carbocycles. The van der Waals surface area contributed by atoms with Crippen LogP contribution in [-0.4, -0.2) is 32.7 Å². The third-order valence-corrected chi connectivity index (χ3v) is 6.22. The fourth-order valence-electron chi connectivity index (χ4n) is 4.35. The van der Waals surface area contributed by atoms with Crippen LogP contribution in [0.3, 0.4) is 0 Å². The molecule has 2 aromatic carbocycles. The fourth-order valence-corrected chi connectivity index (χ4v) is 4.35. The molecule has 4 rings (SSSR count). The van der Waals surface area contributed by atoms with Crippen LogP contribution in [0, 0.1) is 11.7 Å². The minimum absolute atomic E-state index is 0.108. The molecule has 4 nitrogen and oxygen atoms in total. The number of benzene rings is 2. The Balaban J connectivity index is 1.34. The maximum atomic E-state index is 14.2. The van der Waals surface area contributed by atoms with Crippen LogP contribution in [0.4, 0.5) is 4.39 Å². The lowest BCUT2D eigenvalue weighted by Crippen LogP contribution is -2.44. The Morgan fingerprint density at radius 1 is 1.10 bits per heavy atom. The van der Waals surface area contributed by atoms with Crippen molar-refractivity contribution in [3.63, 3.8) is 0 Å². The van der Waals surface area contributed by atoms with Crippen LogP contribution in [0.1, 0.15) is 42.9 Å². The molecule has 29 heavy (non-hydrogen) atoms. The van der Waals surface area contributed by atoms with Crippen LogP contribution >= 0.6 is 0 Å². The first kappa shape index (κ1) is 19.9. The normalized spacial score (nSPS) is 23.4. The van der Waals surface area contributed by atoms with E-state index in [-0.39, 0.29) is 17.3 Å². The van der Waals surface area contributed by atoms with Crippen LogP contribution in [0.25, 0.3) is 0 Å². The summed E-state index contributed by atoms with van der Waals surface area (Å²) in [5, 5.41) is 6.89. The predicted molar refractivity (Wildman–Crippen MR) is 115 cm³/mol. The molecule has 5 heteroatoms. The van der Waals surface area contributed by atoms with Crippen molar-refractivity contribution in [3.05, 3.63) is 71.5 Å². The lowest BCUT2D eigenvalue weighted by atomic mass is 9.89. The molecule has 0 bridgehead atoms. The second-order valence-corrected chi connectivity index (χ2v) is 8.17. The molecular formula is C24H30FN3O. The molecule has 2 fully saturated rings. The van der Waals surface area contributed by atoms with E-state index in [1.54, 1.807) is 19.2 Å². The molecule has 0 spiro atoms. The molecule has 0 aromatic heterocycles. The van der Waals surface area contributed by atoms with Crippen molar-refractivity contribution in [1.82, 2.24) is 10.6 Å². The number of nitrogens with zero attached hydrogens (tertiary/aromatic N) is 1. The standard InChI is InChI=1S/C24H30FN3O/c1-26-23(28-17-24(13-14-24)20-11-5-6-12-21(20)25)27-16-19-10-7-15-29-22(19)18-8-3-2-4-9-18/h2-6,8-9,11-12,19,22H,7,10,13-17H2,1H3,(H2,26,27,28). The third kappa shape index (κ3) is 4.61. The molecule has 2 unspecified atom stereocenters. The van der Waals surface area contributed by atoms with Gasteiger partial charge in [0.15, 0.2) is 5.96 Å². The van der Waals surface area contributed by atoms with Crippen LogP contribution in [-0.2, 0) is 10.2 Å². The second kappa shape index (κ2) is 8.95. The van der Waals surface area contributed by atoms with Gasteiger partial charge in [-0.25, -0.2) is 4.39 Å². The number of nitrogens with one attached hydrogen (secondary N) is 2. The number of halogens is 1. The summed E-state index contributed by atoms with van der Waals surface area (Å²) in [5.41, 5.74) is 1.94. The van der Waals surface area contributed by atoms with Crippen LogP contribution < -0.4 is 10.6 Å². The molecule has 2 atom stereocenters. The zero-order valence-electron chi connectivity index (χ0n) is 17.0. The number of guanidine groups is 1. The summed E-state index contributed by atoms with van der Waals surface area (Å²) in [6, 6.07) is 17.6. The summed E-state index contributed by atoms with van der Waals surface area (Å²) in [7, 11) is 1.78. The smallest absolute Gasteiger partial charge is 0.191 e. The van der Waals surface area contributed by atoms with Crippen molar-refractivity contribution in [1.29, 1.82) is 0 Å². The van der Waals surface area contributed by atoms with Crippen molar-refractivity contribution in [3.8, 4) is 0 Å². The number of hydrogen-bond donors (Lipinski definition) is 2. The Morgan fingerprint density at radius 3 is 2.59 bits per heavy atom. The highest BCUT2D eigenvalue weighted by atomic mass is 19.1. The Morgan fingerprint density at radius 2 is 1.86 bits per heavy atom. The van der Waals surface area contributed by atoms with Crippen molar-refractivity contribution >= 4 is 5.96 Å². The molecule has 0 radical (unpaired) electrons. The van der Waals surface area contributed by atoms with Gasteiger partial charge in [-0.3, -0.25) is 4.99 Å². The molecule has 2 aliphatic rings. The molecule has 2 aromatic rings. The Hall–Kier alpha value is -2.40. The van der Waals surface area contributed by atoms with Crippen molar-refractivity contribution in [2.45, 2.75) is 37.2 Å². The van der Waals surface area contributed by atoms with Crippen molar-refractivity contribution in [2.75, 3.05) is 26.7 Å². The van der Waals surface area contributed by atoms with Gasteiger partial charge in [-0.2, -0.15) is 0 Å². The van der Waals surface area contributed by atoms with Gasteiger partial charge >= 0.3 is 0 Å². The van der Waals surface area contributed by atoms with Gasteiger partial charge in [0.05, 0.1) is 6.10 Å². The van der Waals surface area contributed by atoms with Gasteiger partial charge in [0, 0.05) is 38.1 Å². The summed E-state index contributed by atoms with van der Waals surface area (Å²) in [4.78, 5) is 4.38. The lowest BCUT2D eigenvalue weighted by molar-refractivity contribution is -0.0265. The van der Waals surface area contributed by atoms with Crippen LogP contribution in [0.2, 0.25) is 0 Å². The average Bonchev–Trinajstić information content (AvgIpc) is 3.56. The zero-order chi connectivity index (χ0) is 20.1. The highest BCUT2D eigenvalue weighted by Gasteiger charge is 2.45. The molecule has 1 aliphatic heterocycles. The Bertz CT molecular complexity index is 835. The zero-order valence-corrected chi connectivity index (χ0v) is 17.0. The number of hydrogen-bond acceptors (Lipinski definition) is 2. The SMILES string of the molecule is CN=C(NCC1CCCOC1c1ccccc1)NCC1(c2ccccc2F)CC1. The van der Waals surface area contributed by atoms with E-state index in [1.807, 2.05) is 18.2 Å². The first-order valence-electron chi connectivity index (χ1n) is 10.6. The first-order valence-corrected chi connectivity index (χ1v) is 10.6. The number of rotatable bonds is 6. The monoisotopic (exact) mass is 395 g/mol. The maximum absolute atomic E-state index is 14.2. The molecule has 154 valence electrons. The van der Waals surface area contributed by atoms with E-state index < -0.39 is 0 Å². The Labute approximate surface area is 172 Å². The quantitative estimate of drug-likeness (QED) is 0.569. The van der Waals surface area contributed by atoms with E-state index in [0.717, 1.165) is 50.4 Å². The van der Waals surface area contributed by atoms with E-state index in [4.69, 9.17) is 4.74 Å². The maximum Gasteiger partial charge on any atom is 0.191 e. The average molecular weight is 396 g/mol. The van der Waals surface area contributed by atoms with Gasteiger partial charge in [0.2, 0.25) is 0 Å². The summed E-state index contributed by atoms with van der Waals surface area (Å²) in [5.74, 6) is 1.05. The molecule has 1 aliphatic carbocycles. The molecule has 1 saturated heterocycles. The highest BCUT2D eigenvalue weighted by Crippen LogP contribution is 2.48.